The van der Waals surface area contributed by atoms with E-state index in [9.17, 15) is 9.59 Å². The fourth-order valence-electron chi connectivity index (χ4n) is 1.10. The average Bonchev–Trinajstić information content (AvgIpc) is 1.95. The lowest BCUT2D eigenvalue weighted by Gasteiger charge is -2.30. The third-order valence-corrected chi connectivity index (χ3v) is 1.62. The molecule has 2 amide bonds. The van der Waals surface area contributed by atoms with Crippen molar-refractivity contribution in [1.82, 2.24) is 4.90 Å². The van der Waals surface area contributed by atoms with Crippen LogP contribution < -0.4 is 5.73 Å². The number of rotatable bonds is 2. The van der Waals surface area contributed by atoms with Gasteiger partial charge >= 0.3 is 0 Å². The molecule has 0 saturated carbocycles. The molecule has 5 nitrogen and oxygen atoms in total. The summed E-state index contributed by atoms with van der Waals surface area (Å²) < 4.78 is 4.76. The molecule has 0 radical (unpaired) electrons. The molecule has 1 fully saturated rings. The van der Waals surface area contributed by atoms with E-state index in [1.807, 2.05) is 0 Å². The number of carbonyl (C=O) groups excluding carboxylic acids is 2. The maximum atomic E-state index is 11.2. The van der Waals surface area contributed by atoms with Crippen molar-refractivity contribution in [2.24, 2.45) is 5.73 Å². The molecule has 13 heavy (non-hydrogen) atoms. The van der Waals surface area contributed by atoms with E-state index in [-0.39, 0.29) is 31.6 Å². The van der Waals surface area contributed by atoms with Gasteiger partial charge in [-0.3, -0.25) is 14.5 Å². The summed E-state index contributed by atoms with van der Waals surface area (Å²) in [5.74, 6) is -0.621. The summed E-state index contributed by atoms with van der Waals surface area (Å²) in [6.07, 6.45) is 0. The van der Waals surface area contributed by atoms with Crippen molar-refractivity contribution in [3.8, 4) is 0 Å². The predicted molar refractivity (Wildman–Crippen MR) is 45.8 cm³/mol. The number of carbonyl (C=O) groups is 2. The summed E-state index contributed by atoms with van der Waals surface area (Å²) in [5, 5.41) is 0. The van der Waals surface area contributed by atoms with Crippen LogP contribution in [-0.2, 0) is 14.3 Å². The molecule has 0 spiro atoms. The van der Waals surface area contributed by atoms with E-state index in [1.165, 1.54) is 0 Å². The number of nitrogens with two attached hydrogens (primary N) is 1. The zero-order valence-electron chi connectivity index (χ0n) is 7.87. The molecular formula is C8H14N2O3. The van der Waals surface area contributed by atoms with Crippen LogP contribution >= 0.6 is 0 Å². The van der Waals surface area contributed by atoms with E-state index in [0.717, 1.165) is 4.90 Å². The van der Waals surface area contributed by atoms with Crippen molar-refractivity contribution in [2.75, 3.05) is 19.8 Å². The highest BCUT2D eigenvalue weighted by atomic mass is 16.5. The molecule has 0 aliphatic carbocycles. The van der Waals surface area contributed by atoms with Crippen LogP contribution in [0.4, 0.5) is 0 Å². The van der Waals surface area contributed by atoms with E-state index >= 15 is 0 Å². The average molecular weight is 186 g/mol. The van der Waals surface area contributed by atoms with Crippen LogP contribution in [0.2, 0.25) is 0 Å². The Morgan fingerprint density at radius 3 is 2.23 bits per heavy atom. The summed E-state index contributed by atoms with van der Waals surface area (Å²) in [7, 11) is 0. The SMILES string of the molecule is CC(C)(N)CN1C(=O)COCC1=O. The van der Waals surface area contributed by atoms with Gasteiger partial charge in [0.1, 0.15) is 13.2 Å². The monoisotopic (exact) mass is 186 g/mol. The second-order valence-electron chi connectivity index (χ2n) is 3.86. The zero-order chi connectivity index (χ0) is 10.1. The van der Waals surface area contributed by atoms with Gasteiger partial charge in [0.05, 0.1) is 0 Å². The van der Waals surface area contributed by atoms with Gasteiger partial charge in [0.25, 0.3) is 11.8 Å². The number of amides is 2. The van der Waals surface area contributed by atoms with E-state index in [0.29, 0.717) is 0 Å². The largest absolute Gasteiger partial charge is 0.362 e. The summed E-state index contributed by atoms with van der Waals surface area (Å²) in [4.78, 5) is 23.6. The molecule has 2 N–H and O–H groups in total. The summed E-state index contributed by atoms with van der Waals surface area (Å²) in [5.41, 5.74) is 5.15. The third kappa shape index (κ3) is 2.78. The van der Waals surface area contributed by atoms with Crippen molar-refractivity contribution >= 4 is 11.8 Å². The summed E-state index contributed by atoms with van der Waals surface area (Å²) in [6, 6.07) is 0. The van der Waals surface area contributed by atoms with Crippen molar-refractivity contribution in [2.45, 2.75) is 19.4 Å². The third-order valence-electron chi connectivity index (χ3n) is 1.62. The molecule has 74 valence electrons. The molecule has 0 bridgehead atoms. The Bertz CT molecular complexity index is 216. The van der Waals surface area contributed by atoms with E-state index in [2.05, 4.69) is 0 Å². The van der Waals surface area contributed by atoms with Crippen molar-refractivity contribution < 1.29 is 14.3 Å². The van der Waals surface area contributed by atoms with Gasteiger partial charge in [-0.2, -0.15) is 0 Å². The molecule has 5 heteroatoms. The van der Waals surface area contributed by atoms with Gasteiger partial charge < -0.3 is 10.5 Å². The topological polar surface area (TPSA) is 72.6 Å². The molecule has 0 unspecified atom stereocenters. The first-order chi connectivity index (χ1) is 5.90. The normalized spacial score (nSPS) is 19.5. The van der Waals surface area contributed by atoms with Crippen LogP contribution in [0.15, 0.2) is 0 Å². The van der Waals surface area contributed by atoms with Gasteiger partial charge in [0, 0.05) is 12.1 Å². The molecular weight excluding hydrogens is 172 g/mol. The predicted octanol–water partition coefficient (Wildman–Crippen LogP) is -0.891. The second-order valence-corrected chi connectivity index (χ2v) is 3.86. The van der Waals surface area contributed by atoms with E-state index in [1.54, 1.807) is 13.8 Å². The van der Waals surface area contributed by atoms with Gasteiger partial charge in [0.2, 0.25) is 0 Å². The van der Waals surface area contributed by atoms with Gasteiger partial charge in [0.15, 0.2) is 0 Å². The van der Waals surface area contributed by atoms with E-state index in [4.69, 9.17) is 10.5 Å². The van der Waals surface area contributed by atoms with Crippen LogP contribution in [0.3, 0.4) is 0 Å². The van der Waals surface area contributed by atoms with Crippen LogP contribution in [-0.4, -0.2) is 42.0 Å². The molecule has 1 saturated heterocycles. The first-order valence-electron chi connectivity index (χ1n) is 4.10. The summed E-state index contributed by atoms with van der Waals surface area (Å²) in [6.45, 7) is 3.73. The van der Waals surface area contributed by atoms with Crippen molar-refractivity contribution in [3.05, 3.63) is 0 Å². The van der Waals surface area contributed by atoms with Gasteiger partial charge in [-0.05, 0) is 13.8 Å². The fraction of sp³-hybridized carbons (Fsp3) is 0.750. The first kappa shape index (κ1) is 10.1. The molecule has 0 aromatic carbocycles. The Morgan fingerprint density at radius 2 is 1.85 bits per heavy atom. The highest BCUT2D eigenvalue weighted by Crippen LogP contribution is 2.06. The lowest BCUT2D eigenvalue weighted by molar-refractivity contribution is -0.159. The minimum absolute atomic E-state index is 0.0260. The van der Waals surface area contributed by atoms with E-state index < -0.39 is 5.54 Å². The van der Waals surface area contributed by atoms with Crippen LogP contribution in [0.5, 0.6) is 0 Å². The Kier molecular flexibility index (Phi) is 2.68. The maximum absolute atomic E-state index is 11.2. The molecule has 0 atom stereocenters. The Labute approximate surface area is 76.8 Å². The van der Waals surface area contributed by atoms with Gasteiger partial charge in [-0.25, -0.2) is 0 Å². The smallest absolute Gasteiger partial charge is 0.255 e. The number of hydrogen-bond acceptors (Lipinski definition) is 4. The first-order valence-corrected chi connectivity index (χ1v) is 4.10. The highest BCUT2D eigenvalue weighted by Gasteiger charge is 2.30. The lowest BCUT2D eigenvalue weighted by atomic mass is 10.1. The molecule has 0 aromatic rings. The lowest BCUT2D eigenvalue weighted by Crippen LogP contribution is -2.54. The number of nitrogens with zero attached hydrogens (tertiary/aromatic N) is 1. The van der Waals surface area contributed by atoms with Crippen LogP contribution in [0.25, 0.3) is 0 Å². The Hall–Kier alpha value is -0.940. The highest BCUT2D eigenvalue weighted by molar-refractivity contribution is 5.98. The minimum Gasteiger partial charge on any atom is -0.362 e. The number of hydrogen-bond donors (Lipinski definition) is 1. The fourth-order valence-corrected chi connectivity index (χ4v) is 1.10. The van der Waals surface area contributed by atoms with Crippen molar-refractivity contribution in [1.29, 1.82) is 0 Å². The van der Waals surface area contributed by atoms with Crippen LogP contribution in [0, 0.1) is 0 Å². The number of imide groups is 1. The molecule has 1 aliphatic heterocycles. The maximum Gasteiger partial charge on any atom is 0.255 e. The minimum atomic E-state index is -0.553. The molecule has 1 aliphatic rings. The van der Waals surface area contributed by atoms with Crippen LogP contribution in [0.1, 0.15) is 13.8 Å². The molecule has 0 aromatic heterocycles. The molecule has 1 heterocycles. The number of morpholine rings is 1. The van der Waals surface area contributed by atoms with Gasteiger partial charge in [-0.1, -0.05) is 0 Å². The zero-order valence-corrected chi connectivity index (χ0v) is 7.87. The Balaban J connectivity index is 2.65. The van der Waals surface area contributed by atoms with Gasteiger partial charge in [-0.15, -0.1) is 0 Å². The quantitative estimate of drug-likeness (QED) is 0.568. The molecule has 1 rings (SSSR count). The summed E-state index contributed by atoms with van der Waals surface area (Å²) >= 11 is 0. The number of ether oxygens (including phenoxy) is 1. The standard InChI is InChI=1S/C8H14N2O3/c1-8(2,9)5-10-6(11)3-13-4-7(10)12/h3-5,9H2,1-2H3. The Morgan fingerprint density at radius 1 is 1.38 bits per heavy atom. The van der Waals surface area contributed by atoms with Crippen molar-refractivity contribution in [3.63, 3.8) is 0 Å². The second kappa shape index (κ2) is 3.43.